The molecule has 0 aliphatic carbocycles. The number of aromatic nitrogens is 2. The molecule has 0 radical (unpaired) electrons. The number of ether oxygens (including phenoxy) is 1. The summed E-state index contributed by atoms with van der Waals surface area (Å²) < 4.78 is 5.20. The Hall–Kier alpha value is -2.63. The van der Waals surface area contributed by atoms with E-state index in [1.165, 1.54) is 6.33 Å². The number of imidazole rings is 1. The molecule has 0 saturated carbocycles. The summed E-state index contributed by atoms with van der Waals surface area (Å²) in [4.78, 5) is 30.8. The van der Waals surface area contributed by atoms with Gasteiger partial charge in [-0.05, 0) is 17.5 Å². The van der Waals surface area contributed by atoms with E-state index < -0.39 is 11.9 Å². The number of amides is 1. The predicted octanol–water partition coefficient (Wildman–Crippen LogP) is 2.40. The Morgan fingerprint density at radius 1 is 1.23 bits per heavy atom. The summed E-state index contributed by atoms with van der Waals surface area (Å²) in [6, 6.07) is 8.65. The average Bonchev–Trinajstić information content (AvgIpc) is 2.94. The van der Waals surface area contributed by atoms with Gasteiger partial charge in [-0.15, -0.1) is 0 Å². The van der Waals surface area contributed by atoms with Crippen LogP contribution in [0.4, 0.5) is 0 Å². The van der Waals surface area contributed by atoms with Crippen molar-refractivity contribution in [3.63, 3.8) is 0 Å². The summed E-state index contributed by atoms with van der Waals surface area (Å²) in [5, 5.41) is 2.75. The van der Waals surface area contributed by atoms with Crippen LogP contribution in [0.5, 0.6) is 5.75 Å². The molecule has 0 spiro atoms. The standard InChI is InChI=1S/C16H19N3O3/c1-16(2,3)9-17-14(20)12-13(19-10-18-12)15(21)22-11-7-5-4-6-8-11/h4-8,10H,9H2,1-3H3,(H,17,20)(H,18,19). The van der Waals surface area contributed by atoms with Crippen LogP contribution in [0.3, 0.4) is 0 Å². The SMILES string of the molecule is CC(C)(C)CNC(=O)c1nc[nH]c1C(=O)Oc1ccccc1. The molecule has 116 valence electrons. The van der Waals surface area contributed by atoms with Gasteiger partial charge >= 0.3 is 5.97 Å². The van der Waals surface area contributed by atoms with Crippen molar-refractivity contribution in [1.82, 2.24) is 15.3 Å². The molecule has 0 bridgehead atoms. The second-order valence-corrected chi connectivity index (χ2v) is 6.07. The van der Waals surface area contributed by atoms with Crippen molar-refractivity contribution in [2.75, 3.05) is 6.54 Å². The summed E-state index contributed by atoms with van der Waals surface area (Å²) in [6.07, 6.45) is 1.30. The number of H-pyrrole nitrogens is 1. The molecule has 2 rings (SSSR count). The molecule has 0 aliphatic rings. The Morgan fingerprint density at radius 2 is 1.91 bits per heavy atom. The van der Waals surface area contributed by atoms with Crippen LogP contribution in [0.1, 0.15) is 41.7 Å². The Kier molecular flexibility index (Phi) is 4.60. The van der Waals surface area contributed by atoms with E-state index in [-0.39, 0.29) is 16.8 Å². The maximum absolute atomic E-state index is 12.1. The van der Waals surface area contributed by atoms with Crippen LogP contribution in [0.15, 0.2) is 36.7 Å². The Labute approximate surface area is 128 Å². The highest BCUT2D eigenvalue weighted by atomic mass is 16.5. The van der Waals surface area contributed by atoms with E-state index in [2.05, 4.69) is 15.3 Å². The number of carbonyl (C=O) groups is 2. The van der Waals surface area contributed by atoms with Crippen molar-refractivity contribution in [3.8, 4) is 5.75 Å². The third kappa shape index (κ3) is 4.18. The summed E-state index contributed by atoms with van der Waals surface area (Å²) in [6.45, 7) is 6.49. The van der Waals surface area contributed by atoms with E-state index in [4.69, 9.17) is 4.74 Å². The van der Waals surface area contributed by atoms with Gasteiger partial charge in [-0.1, -0.05) is 39.0 Å². The van der Waals surface area contributed by atoms with E-state index in [1.807, 2.05) is 26.8 Å². The molecular formula is C16H19N3O3. The summed E-state index contributed by atoms with van der Waals surface area (Å²) in [5.41, 5.74) is 0.0110. The molecule has 6 heteroatoms. The third-order valence-electron chi connectivity index (χ3n) is 2.79. The van der Waals surface area contributed by atoms with Gasteiger partial charge in [0.15, 0.2) is 11.4 Å². The van der Waals surface area contributed by atoms with Crippen LogP contribution >= 0.6 is 0 Å². The van der Waals surface area contributed by atoms with Gasteiger partial charge in [0, 0.05) is 6.54 Å². The van der Waals surface area contributed by atoms with Crippen LogP contribution in [-0.4, -0.2) is 28.4 Å². The monoisotopic (exact) mass is 301 g/mol. The highest BCUT2D eigenvalue weighted by Crippen LogP contribution is 2.14. The fourth-order valence-corrected chi connectivity index (χ4v) is 1.70. The van der Waals surface area contributed by atoms with E-state index in [0.29, 0.717) is 12.3 Å². The Balaban J connectivity index is 2.08. The van der Waals surface area contributed by atoms with Crippen LogP contribution in [0.25, 0.3) is 0 Å². The molecule has 22 heavy (non-hydrogen) atoms. The maximum atomic E-state index is 12.1. The van der Waals surface area contributed by atoms with Crippen LogP contribution < -0.4 is 10.1 Å². The number of nitrogens with zero attached hydrogens (tertiary/aromatic N) is 1. The number of esters is 1. The molecule has 0 atom stereocenters. The first-order valence-corrected chi connectivity index (χ1v) is 6.95. The van der Waals surface area contributed by atoms with Crippen molar-refractivity contribution >= 4 is 11.9 Å². The minimum Gasteiger partial charge on any atom is -0.422 e. The molecule has 1 aromatic carbocycles. The van der Waals surface area contributed by atoms with Gasteiger partial charge in [0.2, 0.25) is 0 Å². The number of benzene rings is 1. The number of hydrogen-bond acceptors (Lipinski definition) is 4. The van der Waals surface area contributed by atoms with E-state index in [9.17, 15) is 9.59 Å². The van der Waals surface area contributed by atoms with Crippen LogP contribution in [0.2, 0.25) is 0 Å². The molecule has 0 fully saturated rings. The average molecular weight is 301 g/mol. The molecule has 0 unspecified atom stereocenters. The zero-order valence-corrected chi connectivity index (χ0v) is 12.8. The first-order chi connectivity index (χ1) is 10.4. The second-order valence-electron chi connectivity index (χ2n) is 6.07. The Morgan fingerprint density at radius 3 is 2.55 bits per heavy atom. The number of para-hydroxylation sites is 1. The first-order valence-electron chi connectivity index (χ1n) is 6.95. The number of rotatable bonds is 4. The smallest absolute Gasteiger partial charge is 0.362 e. The molecule has 2 aromatic rings. The second kappa shape index (κ2) is 6.43. The van der Waals surface area contributed by atoms with Gasteiger partial charge < -0.3 is 15.0 Å². The quantitative estimate of drug-likeness (QED) is 0.671. The van der Waals surface area contributed by atoms with Gasteiger partial charge in [0.05, 0.1) is 6.33 Å². The number of aromatic amines is 1. The minimum absolute atomic E-state index is 0.0326. The molecule has 1 aromatic heterocycles. The highest BCUT2D eigenvalue weighted by molar-refractivity contribution is 6.03. The fourth-order valence-electron chi connectivity index (χ4n) is 1.70. The first kappa shape index (κ1) is 15.8. The molecule has 2 N–H and O–H groups in total. The molecule has 1 heterocycles. The lowest BCUT2D eigenvalue weighted by molar-refractivity contribution is 0.0722. The lowest BCUT2D eigenvalue weighted by Gasteiger charge is -2.18. The maximum Gasteiger partial charge on any atom is 0.362 e. The van der Waals surface area contributed by atoms with Crippen LogP contribution in [0, 0.1) is 5.41 Å². The lowest BCUT2D eigenvalue weighted by Crippen LogP contribution is -2.33. The normalized spacial score (nSPS) is 11.0. The minimum atomic E-state index is -0.649. The number of nitrogens with one attached hydrogen (secondary N) is 2. The lowest BCUT2D eigenvalue weighted by atomic mass is 9.97. The van der Waals surface area contributed by atoms with Crippen molar-refractivity contribution in [2.45, 2.75) is 20.8 Å². The summed E-state index contributed by atoms with van der Waals surface area (Å²) in [7, 11) is 0. The van der Waals surface area contributed by atoms with Gasteiger partial charge in [0.1, 0.15) is 5.75 Å². The van der Waals surface area contributed by atoms with E-state index >= 15 is 0 Å². The largest absolute Gasteiger partial charge is 0.422 e. The Bertz CT molecular complexity index is 657. The molecular weight excluding hydrogens is 282 g/mol. The molecule has 0 aliphatic heterocycles. The number of carbonyl (C=O) groups excluding carboxylic acids is 2. The van der Waals surface area contributed by atoms with Gasteiger partial charge in [0.25, 0.3) is 5.91 Å². The van der Waals surface area contributed by atoms with Crippen LogP contribution in [-0.2, 0) is 0 Å². The van der Waals surface area contributed by atoms with Crippen molar-refractivity contribution in [2.24, 2.45) is 5.41 Å². The zero-order chi connectivity index (χ0) is 16.2. The molecule has 0 saturated heterocycles. The predicted molar refractivity (Wildman–Crippen MR) is 81.8 cm³/mol. The molecule has 1 amide bonds. The van der Waals surface area contributed by atoms with E-state index in [1.54, 1.807) is 24.3 Å². The summed E-state index contributed by atoms with van der Waals surface area (Å²) >= 11 is 0. The van der Waals surface area contributed by atoms with Crippen molar-refractivity contribution in [3.05, 3.63) is 48.0 Å². The van der Waals surface area contributed by atoms with Gasteiger partial charge in [-0.2, -0.15) is 0 Å². The highest BCUT2D eigenvalue weighted by Gasteiger charge is 2.23. The van der Waals surface area contributed by atoms with Gasteiger partial charge in [-0.3, -0.25) is 4.79 Å². The third-order valence-corrected chi connectivity index (χ3v) is 2.79. The van der Waals surface area contributed by atoms with E-state index in [0.717, 1.165) is 0 Å². The zero-order valence-electron chi connectivity index (χ0n) is 12.8. The van der Waals surface area contributed by atoms with Crippen molar-refractivity contribution in [1.29, 1.82) is 0 Å². The fraction of sp³-hybridized carbons (Fsp3) is 0.312. The topological polar surface area (TPSA) is 84.1 Å². The molecule has 6 nitrogen and oxygen atoms in total. The van der Waals surface area contributed by atoms with Crippen molar-refractivity contribution < 1.29 is 14.3 Å². The van der Waals surface area contributed by atoms with Gasteiger partial charge in [-0.25, -0.2) is 9.78 Å². The summed E-state index contributed by atoms with van der Waals surface area (Å²) in [5.74, 6) is -0.649. The number of hydrogen-bond donors (Lipinski definition) is 2.